The number of likely N-dealkylation sites (tertiary alicyclic amines) is 1. The third kappa shape index (κ3) is 5.36. The van der Waals surface area contributed by atoms with Gasteiger partial charge in [-0.3, -0.25) is 9.79 Å². The zero-order valence-corrected chi connectivity index (χ0v) is 17.1. The molecule has 2 fully saturated rings. The number of rotatable bonds is 5. The van der Waals surface area contributed by atoms with Gasteiger partial charge in [-0.05, 0) is 43.1 Å². The van der Waals surface area contributed by atoms with Crippen LogP contribution in [0.5, 0.6) is 0 Å². The summed E-state index contributed by atoms with van der Waals surface area (Å²) in [6.45, 7) is 9.09. The van der Waals surface area contributed by atoms with Crippen LogP contribution in [0.3, 0.4) is 0 Å². The van der Waals surface area contributed by atoms with Crippen LogP contribution in [-0.4, -0.2) is 79.4 Å². The van der Waals surface area contributed by atoms with Gasteiger partial charge in [0, 0.05) is 44.8 Å². The summed E-state index contributed by atoms with van der Waals surface area (Å²) in [5, 5.41) is 4.20. The van der Waals surface area contributed by atoms with Crippen molar-refractivity contribution in [1.82, 2.24) is 20.0 Å². The van der Waals surface area contributed by atoms with Gasteiger partial charge in [0.05, 0.1) is 6.54 Å². The summed E-state index contributed by atoms with van der Waals surface area (Å²) < 4.78 is 0. The van der Waals surface area contributed by atoms with Crippen molar-refractivity contribution in [2.24, 2.45) is 10.9 Å². The highest BCUT2D eigenvalue weighted by molar-refractivity contribution is 6.30. The van der Waals surface area contributed by atoms with E-state index < -0.39 is 0 Å². The van der Waals surface area contributed by atoms with E-state index in [2.05, 4.69) is 27.0 Å². The first-order valence-corrected chi connectivity index (χ1v) is 10.2. The average Bonchev–Trinajstić information content (AvgIpc) is 3.14. The SMILES string of the molecule is CCN1CCC(CNC(=NC)N2CCN(Cc3ccc(Cl)cc3)C(=O)C2)C1. The molecule has 1 amide bonds. The summed E-state index contributed by atoms with van der Waals surface area (Å²) in [4.78, 5) is 23.5. The number of halogens is 1. The number of hydrogen-bond acceptors (Lipinski definition) is 3. The molecule has 148 valence electrons. The molecule has 2 aliphatic heterocycles. The lowest BCUT2D eigenvalue weighted by atomic mass is 10.1. The maximum absolute atomic E-state index is 12.6. The van der Waals surface area contributed by atoms with E-state index in [1.807, 2.05) is 29.2 Å². The Labute approximate surface area is 167 Å². The maximum Gasteiger partial charge on any atom is 0.242 e. The van der Waals surface area contributed by atoms with E-state index in [0.29, 0.717) is 30.6 Å². The molecule has 1 atom stereocenters. The van der Waals surface area contributed by atoms with Crippen molar-refractivity contribution in [3.8, 4) is 0 Å². The van der Waals surface area contributed by atoms with Gasteiger partial charge in [-0.1, -0.05) is 30.7 Å². The third-order valence-corrected chi connectivity index (χ3v) is 5.73. The first-order chi connectivity index (χ1) is 13.1. The molecule has 0 saturated carbocycles. The molecule has 27 heavy (non-hydrogen) atoms. The predicted molar refractivity (Wildman–Crippen MR) is 110 cm³/mol. The minimum absolute atomic E-state index is 0.136. The first kappa shape index (κ1) is 20.0. The van der Waals surface area contributed by atoms with E-state index in [-0.39, 0.29) is 5.91 Å². The Hall–Kier alpha value is -1.79. The van der Waals surface area contributed by atoms with Gasteiger partial charge in [-0.2, -0.15) is 0 Å². The minimum atomic E-state index is 0.136. The number of piperazine rings is 1. The van der Waals surface area contributed by atoms with Crippen LogP contribution in [0.1, 0.15) is 18.9 Å². The van der Waals surface area contributed by atoms with Crippen molar-refractivity contribution in [3.63, 3.8) is 0 Å². The second kappa shape index (κ2) is 9.42. The fourth-order valence-corrected chi connectivity index (χ4v) is 3.93. The van der Waals surface area contributed by atoms with Crippen molar-refractivity contribution < 1.29 is 4.79 Å². The second-order valence-electron chi connectivity index (χ2n) is 7.34. The van der Waals surface area contributed by atoms with Crippen LogP contribution in [0.15, 0.2) is 29.3 Å². The number of carbonyl (C=O) groups excluding carboxylic acids is 1. The largest absolute Gasteiger partial charge is 0.356 e. The fraction of sp³-hybridized carbons (Fsp3) is 0.600. The normalized spacial score (nSPS) is 21.8. The van der Waals surface area contributed by atoms with Gasteiger partial charge in [0.2, 0.25) is 5.91 Å². The Bertz CT molecular complexity index is 663. The van der Waals surface area contributed by atoms with Crippen molar-refractivity contribution in [3.05, 3.63) is 34.9 Å². The molecule has 1 unspecified atom stereocenters. The number of carbonyl (C=O) groups is 1. The van der Waals surface area contributed by atoms with E-state index in [0.717, 1.165) is 37.7 Å². The monoisotopic (exact) mass is 391 g/mol. The quantitative estimate of drug-likeness (QED) is 0.615. The molecule has 7 heteroatoms. The van der Waals surface area contributed by atoms with Crippen LogP contribution in [-0.2, 0) is 11.3 Å². The number of benzene rings is 1. The van der Waals surface area contributed by atoms with Gasteiger partial charge < -0.3 is 20.0 Å². The highest BCUT2D eigenvalue weighted by Gasteiger charge is 2.27. The second-order valence-corrected chi connectivity index (χ2v) is 7.78. The molecule has 0 bridgehead atoms. The predicted octanol–water partition coefficient (Wildman–Crippen LogP) is 1.90. The number of hydrogen-bond donors (Lipinski definition) is 1. The number of guanidine groups is 1. The lowest BCUT2D eigenvalue weighted by Gasteiger charge is -2.36. The summed E-state index contributed by atoms with van der Waals surface area (Å²) in [5.41, 5.74) is 1.10. The lowest BCUT2D eigenvalue weighted by molar-refractivity contribution is -0.135. The molecule has 3 rings (SSSR count). The van der Waals surface area contributed by atoms with E-state index >= 15 is 0 Å². The third-order valence-electron chi connectivity index (χ3n) is 5.48. The van der Waals surface area contributed by atoms with Crippen molar-refractivity contribution in [2.75, 3.05) is 52.9 Å². The number of aliphatic imine (C=N–C) groups is 1. The molecule has 0 aromatic heterocycles. The van der Waals surface area contributed by atoms with Crippen LogP contribution in [0.4, 0.5) is 0 Å². The first-order valence-electron chi connectivity index (χ1n) is 9.79. The molecular weight excluding hydrogens is 362 g/mol. The molecular formula is C20H30ClN5O. The Balaban J connectivity index is 1.48. The van der Waals surface area contributed by atoms with Crippen LogP contribution in [0.25, 0.3) is 0 Å². The zero-order valence-electron chi connectivity index (χ0n) is 16.3. The highest BCUT2D eigenvalue weighted by Crippen LogP contribution is 2.16. The van der Waals surface area contributed by atoms with Gasteiger partial charge in [-0.25, -0.2) is 0 Å². The van der Waals surface area contributed by atoms with Gasteiger partial charge >= 0.3 is 0 Å². The van der Waals surface area contributed by atoms with Crippen LogP contribution in [0, 0.1) is 5.92 Å². The molecule has 2 aliphatic rings. The maximum atomic E-state index is 12.6. The van der Waals surface area contributed by atoms with Crippen molar-refractivity contribution >= 4 is 23.5 Å². The van der Waals surface area contributed by atoms with Gasteiger partial charge in [0.15, 0.2) is 5.96 Å². The number of nitrogens with zero attached hydrogens (tertiary/aromatic N) is 4. The molecule has 6 nitrogen and oxygen atoms in total. The van der Waals surface area contributed by atoms with Crippen molar-refractivity contribution in [2.45, 2.75) is 19.9 Å². The summed E-state index contributed by atoms with van der Waals surface area (Å²) >= 11 is 5.94. The minimum Gasteiger partial charge on any atom is -0.356 e. The molecule has 1 aromatic rings. The molecule has 1 aromatic carbocycles. The average molecular weight is 392 g/mol. The Morgan fingerprint density at radius 3 is 2.67 bits per heavy atom. The van der Waals surface area contributed by atoms with Crippen LogP contribution < -0.4 is 5.32 Å². The summed E-state index contributed by atoms with van der Waals surface area (Å²) in [7, 11) is 1.79. The van der Waals surface area contributed by atoms with E-state index in [1.165, 1.54) is 13.0 Å². The molecule has 2 saturated heterocycles. The number of amides is 1. The van der Waals surface area contributed by atoms with E-state index in [1.54, 1.807) is 7.05 Å². The lowest BCUT2D eigenvalue weighted by Crippen LogP contribution is -2.55. The highest BCUT2D eigenvalue weighted by atomic mass is 35.5. The molecule has 0 radical (unpaired) electrons. The zero-order chi connectivity index (χ0) is 19.2. The summed E-state index contributed by atoms with van der Waals surface area (Å²) in [6, 6.07) is 7.69. The van der Waals surface area contributed by atoms with E-state index in [4.69, 9.17) is 11.6 Å². The molecule has 2 heterocycles. The fourth-order valence-electron chi connectivity index (χ4n) is 3.80. The van der Waals surface area contributed by atoms with Gasteiger partial charge in [0.25, 0.3) is 0 Å². The Morgan fingerprint density at radius 1 is 1.26 bits per heavy atom. The smallest absolute Gasteiger partial charge is 0.242 e. The Morgan fingerprint density at radius 2 is 2.04 bits per heavy atom. The van der Waals surface area contributed by atoms with E-state index in [9.17, 15) is 4.79 Å². The molecule has 1 N–H and O–H groups in total. The Kier molecular flexibility index (Phi) is 6.96. The molecule has 0 aliphatic carbocycles. The standard InChI is InChI=1S/C20H30ClN5O/c1-3-24-9-8-17(13-24)12-23-20(22-2)26-11-10-25(19(27)15-26)14-16-4-6-18(21)7-5-16/h4-7,17H,3,8-15H2,1-2H3,(H,22,23). The summed E-state index contributed by atoms with van der Waals surface area (Å²) in [5.74, 6) is 1.63. The van der Waals surface area contributed by atoms with Gasteiger partial charge in [0.1, 0.15) is 0 Å². The van der Waals surface area contributed by atoms with Gasteiger partial charge in [-0.15, -0.1) is 0 Å². The molecule has 0 spiro atoms. The van der Waals surface area contributed by atoms with Crippen molar-refractivity contribution in [1.29, 1.82) is 0 Å². The topological polar surface area (TPSA) is 51.2 Å². The van der Waals surface area contributed by atoms with Crippen LogP contribution >= 0.6 is 11.6 Å². The van der Waals surface area contributed by atoms with Crippen LogP contribution in [0.2, 0.25) is 5.02 Å². The summed E-state index contributed by atoms with van der Waals surface area (Å²) in [6.07, 6.45) is 1.23. The number of nitrogens with one attached hydrogen (secondary N) is 1.